The van der Waals surface area contributed by atoms with Gasteiger partial charge in [0.05, 0.1) is 12.4 Å². The molecule has 0 saturated heterocycles. The summed E-state index contributed by atoms with van der Waals surface area (Å²) < 4.78 is 27.4. The fraction of sp³-hybridized carbons (Fsp3) is 0.500. The van der Waals surface area contributed by atoms with Crippen molar-refractivity contribution in [3.05, 3.63) is 29.8 Å². The quantitative estimate of drug-likeness (QED) is 0.715. The summed E-state index contributed by atoms with van der Waals surface area (Å²) in [6.45, 7) is 2.62. The molecule has 0 aliphatic carbocycles. The Morgan fingerprint density at radius 3 is 2.59 bits per heavy atom. The normalized spacial score (nSPS) is 11.4. The van der Waals surface area contributed by atoms with Gasteiger partial charge in [0, 0.05) is 17.8 Å². The van der Waals surface area contributed by atoms with Crippen molar-refractivity contribution in [1.29, 1.82) is 0 Å². The van der Waals surface area contributed by atoms with E-state index in [1.165, 1.54) is 6.26 Å². The Kier molecular flexibility index (Phi) is 5.85. The van der Waals surface area contributed by atoms with Crippen LogP contribution in [0.15, 0.2) is 24.3 Å². The van der Waals surface area contributed by atoms with Gasteiger partial charge >= 0.3 is 0 Å². The third-order valence-corrected chi connectivity index (χ3v) is 4.33. The minimum absolute atomic E-state index is 0.238. The van der Waals surface area contributed by atoms with Crippen molar-refractivity contribution in [2.45, 2.75) is 6.92 Å². The maximum absolute atomic E-state index is 10.9. The molecule has 0 radical (unpaired) electrons. The van der Waals surface area contributed by atoms with E-state index >= 15 is 0 Å². The highest BCUT2D eigenvalue weighted by Gasteiger charge is 2.02. The SMILES string of the molecule is Cc1ccccc1OCCSCCS(C)(=O)=O. The van der Waals surface area contributed by atoms with E-state index in [-0.39, 0.29) is 5.75 Å². The van der Waals surface area contributed by atoms with Gasteiger partial charge in [-0.15, -0.1) is 0 Å². The van der Waals surface area contributed by atoms with Crippen molar-refractivity contribution in [3.63, 3.8) is 0 Å². The van der Waals surface area contributed by atoms with Crippen molar-refractivity contribution >= 4 is 21.6 Å². The van der Waals surface area contributed by atoms with Crippen LogP contribution >= 0.6 is 11.8 Å². The third kappa shape index (κ3) is 6.58. The molecule has 1 aromatic carbocycles. The van der Waals surface area contributed by atoms with Crippen LogP contribution in [0.4, 0.5) is 0 Å². The zero-order valence-electron chi connectivity index (χ0n) is 10.2. The van der Waals surface area contributed by atoms with Gasteiger partial charge < -0.3 is 4.74 Å². The van der Waals surface area contributed by atoms with Crippen molar-refractivity contribution in [2.75, 3.05) is 30.1 Å². The molecule has 0 amide bonds. The highest BCUT2D eigenvalue weighted by Crippen LogP contribution is 2.16. The average Bonchev–Trinajstić information content (AvgIpc) is 2.24. The molecule has 1 rings (SSSR count). The van der Waals surface area contributed by atoms with Gasteiger partial charge in [-0.05, 0) is 18.6 Å². The van der Waals surface area contributed by atoms with Crippen LogP contribution in [0, 0.1) is 6.92 Å². The summed E-state index contributed by atoms with van der Waals surface area (Å²) in [7, 11) is -2.83. The highest BCUT2D eigenvalue weighted by atomic mass is 32.2. The fourth-order valence-corrected chi connectivity index (χ4v) is 3.33. The molecule has 3 nitrogen and oxygen atoms in total. The van der Waals surface area contributed by atoms with Crippen molar-refractivity contribution in [3.8, 4) is 5.75 Å². The molecule has 0 aliphatic heterocycles. The smallest absolute Gasteiger partial charge is 0.148 e. The van der Waals surface area contributed by atoms with E-state index in [4.69, 9.17) is 4.74 Å². The number of benzene rings is 1. The standard InChI is InChI=1S/C12H18O3S2/c1-11-5-3-4-6-12(11)15-7-8-16-9-10-17(2,13)14/h3-6H,7-10H2,1-2H3. The first-order chi connectivity index (χ1) is 7.99. The lowest BCUT2D eigenvalue weighted by Crippen LogP contribution is -2.07. The number of sulfone groups is 1. The molecule has 0 aliphatic rings. The summed E-state index contributed by atoms with van der Waals surface area (Å²) in [6, 6.07) is 7.87. The summed E-state index contributed by atoms with van der Waals surface area (Å²) in [5, 5.41) is 0. The van der Waals surface area contributed by atoms with E-state index in [0.717, 1.165) is 17.1 Å². The van der Waals surface area contributed by atoms with Crippen molar-refractivity contribution < 1.29 is 13.2 Å². The minimum Gasteiger partial charge on any atom is -0.492 e. The van der Waals surface area contributed by atoms with E-state index in [9.17, 15) is 8.42 Å². The molecule has 0 N–H and O–H groups in total. The van der Waals surface area contributed by atoms with Crippen LogP contribution < -0.4 is 4.74 Å². The van der Waals surface area contributed by atoms with Crippen LogP contribution in [-0.4, -0.2) is 38.5 Å². The topological polar surface area (TPSA) is 43.4 Å². The monoisotopic (exact) mass is 274 g/mol. The molecule has 96 valence electrons. The third-order valence-electron chi connectivity index (χ3n) is 2.18. The first-order valence-corrected chi connectivity index (χ1v) is 8.64. The Hall–Kier alpha value is -0.680. The molecule has 0 aromatic heterocycles. The predicted molar refractivity (Wildman–Crippen MR) is 73.7 cm³/mol. The van der Waals surface area contributed by atoms with E-state index in [1.807, 2.05) is 31.2 Å². The van der Waals surface area contributed by atoms with Crippen LogP contribution in [0.1, 0.15) is 5.56 Å². The number of ether oxygens (including phenoxy) is 1. The van der Waals surface area contributed by atoms with Crippen LogP contribution in [0.5, 0.6) is 5.75 Å². The lowest BCUT2D eigenvalue weighted by molar-refractivity contribution is 0.341. The van der Waals surface area contributed by atoms with Gasteiger partial charge in [-0.25, -0.2) is 8.42 Å². The maximum atomic E-state index is 10.9. The fourth-order valence-electron chi connectivity index (χ4n) is 1.24. The Balaban J connectivity index is 2.15. The van der Waals surface area contributed by atoms with Crippen LogP contribution in [0.2, 0.25) is 0 Å². The molecule has 1 aromatic rings. The molecule has 5 heteroatoms. The summed E-state index contributed by atoms with van der Waals surface area (Å²) in [6.07, 6.45) is 1.26. The van der Waals surface area contributed by atoms with Crippen LogP contribution in [-0.2, 0) is 9.84 Å². The second-order valence-electron chi connectivity index (χ2n) is 3.86. The number of aryl methyl sites for hydroxylation is 1. The van der Waals surface area contributed by atoms with Crippen LogP contribution in [0.25, 0.3) is 0 Å². The molecule has 0 unspecified atom stereocenters. The second kappa shape index (κ2) is 6.91. The molecule has 17 heavy (non-hydrogen) atoms. The second-order valence-corrected chi connectivity index (χ2v) is 7.34. The van der Waals surface area contributed by atoms with Gasteiger partial charge in [-0.3, -0.25) is 0 Å². The lowest BCUT2D eigenvalue weighted by Gasteiger charge is -2.08. The zero-order chi connectivity index (χ0) is 12.7. The van der Waals surface area contributed by atoms with Crippen LogP contribution in [0.3, 0.4) is 0 Å². The average molecular weight is 274 g/mol. The molecule has 0 saturated carbocycles. The first-order valence-electron chi connectivity index (χ1n) is 5.43. The van der Waals surface area contributed by atoms with Crippen molar-refractivity contribution in [1.82, 2.24) is 0 Å². The molecule has 0 bridgehead atoms. The van der Waals surface area contributed by atoms with E-state index in [2.05, 4.69) is 0 Å². The van der Waals surface area contributed by atoms with Crippen molar-refractivity contribution in [2.24, 2.45) is 0 Å². The van der Waals surface area contributed by atoms with Gasteiger partial charge in [-0.2, -0.15) is 11.8 Å². The predicted octanol–water partition coefficient (Wildman–Crippen LogP) is 2.15. The maximum Gasteiger partial charge on any atom is 0.148 e. The number of rotatable bonds is 7. The van der Waals surface area contributed by atoms with E-state index in [0.29, 0.717) is 12.4 Å². The highest BCUT2D eigenvalue weighted by molar-refractivity contribution is 8.00. The molecule has 0 atom stereocenters. The van der Waals surface area contributed by atoms with Gasteiger partial charge in [0.25, 0.3) is 0 Å². The number of hydrogen-bond donors (Lipinski definition) is 0. The molecule has 0 heterocycles. The first kappa shape index (κ1) is 14.4. The van der Waals surface area contributed by atoms with Gasteiger partial charge in [-0.1, -0.05) is 18.2 Å². The van der Waals surface area contributed by atoms with E-state index < -0.39 is 9.84 Å². The molecular weight excluding hydrogens is 256 g/mol. The number of hydrogen-bond acceptors (Lipinski definition) is 4. The zero-order valence-corrected chi connectivity index (χ0v) is 11.8. The molecular formula is C12H18O3S2. The number of thioether (sulfide) groups is 1. The van der Waals surface area contributed by atoms with E-state index in [1.54, 1.807) is 11.8 Å². The minimum atomic E-state index is -2.83. The summed E-state index contributed by atoms with van der Waals surface area (Å²) in [4.78, 5) is 0. The van der Waals surface area contributed by atoms with Gasteiger partial charge in [0.1, 0.15) is 15.6 Å². The Labute approximate surface area is 107 Å². The van der Waals surface area contributed by atoms with Gasteiger partial charge in [0.2, 0.25) is 0 Å². The molecule has 0 fully saturated rings. The summed E-state index contributed by atoms with van der Waals surface area (Å²) in [5.41, 5.74) is 1.12. The molecule has 0 spiro atoms. The summed E-state index contributed by atoms with van der Waals surface area (Å²) >= 11 is 1.60. The van der Waals surface area contributed by atoms with Gasteiger partial charge in [0.15, 0.2) is 0 Å². The number of para-hydroxylation sites is 1. The Morgan fingerprint density at radius 1 is 1.24 bits per heavy atom. The lowest BCUT2D eigenvalue weighted by atomic mass is 10.2. The Morgan fingerprint density at radius 2 is 1.94 bits per heavy atom. The largest absolute Gasteiger partial charge is 0.492 e. The summed E-state index contributed by atoms with van der Waals surface area (Å²) in [5.74, 6) is 2.58. The Bertz CT molecular complexity index is 441.